The lowest BCUT2D eigenvalue weighted by Gasteiger charge is -2.08. The fourth-order valence-corrected chi connectivity index (χ4v) is 1.16. The first-order chi connectivity index (χ1) is 7.01. The minimum atomic E-state index is -1.06. The third-order valence-corrected chi connectivity index (χ3v) is 2.07. The number of aliphatic carboxylic acids is 2. The quantitative estimate of drug-likeness (QED) is 0.631. The van der Waals surface area contributed by atoms with Crippen LogP contribution in [0.1, 0.15) is 39.5 Å². The fraction of sp³-hybridized carbons (Fsp3) is 0.700. The zero-order valence-corrected chi connectivity index (χ0v) is 9.06. The molecule has 0 fully saturated rings. The second-order valence-electron chi connectivity index (χ2n) is 3.19. The second kappa shape index (κ2) is 6.98. The number of carbonyl (C=O) groups is 2. The molecule has 15 heavy (non-hydrogen) atoms. The summed E-state index contributed by atoms with van der Waals surface area (Å²) in [7, 11) is 0. The van der Waals surface area contributed by atoms with Gasteiger partial charge < -0.3 is 10.2 Å². The van der Waals surface area contributed by atoms with Crippen LogP contribution in [-0.4, -0.2) is 33.9 Å². The number of hydrogen-bond acceptors (Lipinski definition) is 3. The van der Waals surface area contributed by atoms with E-state index in [2.05, 4.69) is 4.99 Å². The van der Waals surface area contributed by atoms with Crippen molar-refractivity contribution in [2.45, 2.75) is 45.6 Å². The molecule has 1 atom stereocenters. The van der Waals surface area contributed by atoms with Crippen LogP contribution < -0.4 is 0 Å². The number of rotatable bonds is 7. The predicted octanol–water partition coefficient (Wildman–Crippen LogP) is 1.57. The highest BCUT2D eigenvalue weighted by Crippen LogP contribution is 2.06. The largest absolute Gasteiger partial charge is 0.481 e. The zero-order valence-electron chi connectivity index (χ0n) is 9.06. The summed E-state index contributed by atoms with van der Waals surface area (Å²) < 4.78 is 0. The topological polar surface area (TPSA) is 87.0 Å². The summed E-state index contributed by atoms with van der Waals surface area (Å²) in [5.74, 6) is -2.05. The lowest BCUT2D eigenvalue weighted by Crippen LogP contribution is -2.21. The third-order valence-electron chi connectivity index (χ3n) is 2.07. The SMILES string of the molecule is CCC(CC)=N[C@@H](CCC(=O)O)C(=O)O. The number of hydrogen-bond donors (Lipinski definition) is 2. The maximum Gasteiger partial charge on any atom is 0.328 e. The molecule has 0 spiro atoms. The van der Waals surface area contributed by atoms with Crippen molar-refractivity contribution in [2.75, 3.05) is 0 Å². The lowest BCUT2D eigenvalue weighted by molar-refractivity contribution is -0.139. The highest BCUT2D eigenvalue weighted by Gasteiger charge is 2.17. The summed E-state index contributed by atoms with van der Waals surface area (Å²) in [5, 5.41) is 17.3. The summed E-state index contributed by atoms with van der Waals surface area (Å²) in [6.07, 6.45) is 1.29. The van der Waals surface area contributed by atoms with Gasteiger partial charge in [0.25, 0.3) is 0 Å². The molecule has 0 aromatic carbocycles. The maximum absolute atomic E-state index is 10.8. The molecule has 0 aliphatic rings. The second-order valence-corrected chi connectivity index (χ2v) is 3.19. The molecule has 5 heteroatoms. The van der Waals surface area contributed by atoms with Crippen molar-refractivity contribution in [2.24, 2.45) is 4.99 Å². The summed E-state index contributed by atoms with van der Waals surface area (Å²) in [4.78, 5) is 25.1. The molecule has 0 radical (unpaired) electrons. The standard InChI is InChI=1S/C10H17NO4/c1-3-7(4-2)11-8(10(14)15)5-6-9(12)13/h8H,3-6H2,1-2H3,(H,12,13)(H,14,15)/t8-/m0/s1. The van der Waals surface area contributed by atoms with Crippen LogP contribution in [0.25, 0.3) is 0 Å². The summed E-state index contributed by atoms with van der Waals surface area (Å²) in [5.41, 5.74) is 0.813. The first kappa shape index (κ1) is 13.6. The molecule has 0 aliphatic heterocycles. The summed E-state index contributed by atoms with van der Waals surface area (Å²) >= 11 is 0. The lowest BCUT2D eigenvalue weighted by atomic mass is 10.1. The van der Waals surface area contributed by atoms with E-state index >= 15 is 0 Å². The van der Waals surface area contributed by atoms with Gasteiger partial charge in [0.05, 0.1) is 0 Å². The van der Waals surface area contributed by atoms with E-state index < -0.39 is 18.0 Å². The maximum atomic E-state index is 10.8. The summed E-state index contributed by atoms with van der Waals surface area (Å²) in [6, 6.07) is -0.920. The van der Waals surface area contributed by atoms with Gasteiger partial charge in [0.15, 0.2) is 0 Å². The van der Waals surface area contributed by atoms with Crippen LogP contribution in [0.5, 0.6) is 0 Å². The van der Waals surface area contributed by atoms with Crippen molar-refractivity contribution in [3.63, 3.8) is 0 Å². The van der Waals surface area contributed by atoms with E-state index in [1.54, 1.807) is 0 Å². The monoisotopic (exact) mass is 215 g/mol. The van der Waals surface area contributed by atoms with Crippen molar-refractivity contribution < 1.29 is 19.8 Å². The van der Waals surface area contributed by atoms with Crippen LogP contribution in [0.15, 0.2) is 4.99 Å². The molecule has 0 saturated carbocycles. The Morgan fingerprint density at radius 1 is 1.20 bits per heavy atom. The van der Waals surface area contributed by atoms with E-state index in [-0.39, 0.29) is 12.8 Å². The van der Waals surface area contributed by atoms with Gasteiger partial charge in [0, 0.05) is 12.1 Å². The van der Waals surface area contributed by atoms with Gasteiger partial charge in [-0.15, -0.1) is 0 Å². The number of carboxylic acids is 2. The van der Waals surface area contributed by atoms with Gasteiger partial charge in [-0.05, 0) is 19.3 Å². The first-order valence-electron chi connectivity index (χ1n) is 5.01. The molecule has 0 saturated heterocycles. The Labute approximate surface area is 88.8 Å². The van der Waals surface area contributed by atoms with Gasteiger partial charge in [-0.25, -0.2) is 4.79 Å². The summed E-state index contributed by atoms with van der Waals surface area (Å²) in [6.45, 7) is 3.80. The Morgan fingerprint density at radius 3 is 2.07 bits per heavy atom. The molecule has 5 nitrogen and oxygen atoms in total. The Balaban J connectivity index is 4.45. The highest BCUT2D eigenvalue weighted by atomic mass is 16.4. The van der Waals surface area contributed by atoms with E-state index in [4.69, 9.17) is 10.2 Å². The van der Waals surface area contributed by atoms with Crippen LogP contribution in [0.2, 0.25) is 0 Å². The first-order valence-corrected chi connectivity index (χ1v) is 5.01. The molecule has 0 aromatic heterocycles. The van der Waals surface area contributed by atoms with Gasteiger partial charge in [0.2, 0.25) is 0 Å². The fourth-order valence-electron chi connectivity index (χ4n) is 1.16. The molecule has 0 unspecified atom stereocenters. The van der Waals surface area contributed by atoms with E-state index in [1.165, 1.54) is 0 Å². The van der Waals surface area contributed by atoms with Crippen molar-refractivity contribution in [1.29, 1.82) is 0 Å². The average molecular weight is 215 g/mol. The van der Waals surface area contributed by atoms with Gasteiger partial charge in [-0.1, -0.05) is 13.8 Å². The van der Waals surface area contributed by atoms with E-state index in [0.29, 0.717) is 12.8 Å². The number of carboxylic acid groups (broad SMARTS) is 2. The highest BCUT2D eigenvalue weighted by molar-refractivity contribution is 5.87. The van der Waals surface area contributed by atoms with Crippen LogP contribution in [0.4, 0.5) is 0 Å². The van der Waals surface area contributed by atoms with Gasteiger partial charge in [-0.2, -0.15) is 0 Å². The van der Waals surface area contributed by atoms with Crippen molar-refractivity contribution in [1.82, 2.24) is 0 Å². The van der Waals surface area contributed by atoms with Crippen LogP contribution in [-0.2, 0) is 9.59 Å². The molecular weight excluding hydrogens is 198 g/mol. The van der Waals surface area contributed by atoms with E-state index in [0.717, 1.165) is 5.71 Å². The van der Waals surface area contributed by atoms with Crippen molar-refractivity contribution in [3.05, 3.63) is 0 Å². The molecule has 86 valence electrons. The molecule has 0 aromatic rings. The van der Waals surface area contributed by atoms with Crippen molar-refractivity contribution in [3.8, 4) is 0 Å². The smallest absolute Gasteiger partial charge is 0.328 e. The molecule has 0 aliphatic carbocycles. The molecule has 2 N–H and O–H groups in total. The van der Waals surface area contributed by atoms with Crippen molar-refractivity contribution >= 4 is 17.7 Å². The normalized spacial score (nSPS) is 11.9. The number of aliphatic imine (C=N–C) groups is 1. The van der Waals surface area contributed by atoms with E-state index in [1.807, 2.05) is 13.8 Å². The Morgan fingerprint density at radius 2 is 1.73 bits per heavy atom. The van der Waals surface area contributed by atoms with Gasteiger partial charge in [-0.3, -0.25) is 9.79 Å². The Kier molecular flexibility index (Phi) is 6.33. The zero-order chi connectivity index (χ0) is 11.8. The molecule has 0 amide bonds. The Hall–Kier alpha value is -1.39. The minimum absolute atomic E-state index is 0.0498. The third kappa shape index (κ3) is 5.83. The predicted molar refractivity (Wildman–Crippen MR) is 56.3 cm³/mol. The molecule has 0 rings (SSSR count). The van der Waals surface area contributed by atoms with Crippen LogP contribution >= 0.6 is 0 Å². The Bertz CT molecular complexity index is 254. The number of nitrogens with zero attached hydrogens (tertiary/aromatic N) is 1. The van der Waals surface area contributed by atoms with Gasteiger partial charge in [0.1, 0.15) is 6.04 Å². The van der Waals surface area contributed by atoms with Gasteiger partial charge >= 0.3 is 11.9 Å². The average Bonchev–Trinajstić information content (AvgIpc) is 2.17. The van der Waals surface area contributed by atoms with E-state index in [9.17, 15) is 9.59 Å². The molecular formula is C10H17NO4. The molecule has 0 bridgehead atoms. The minimum Gasteiger partial charge on any atom is -0.481 e. The molecule has 0 heterocycles. The van der Waals surface area contributed by atoms with Crippen LogP contribution in [0.3, 0.4) is 0 Å². The van der Waals surface area contributed by atoms with Crippen LogP contribution in [0, 0.1) is 0 Å².